The lowest BCUT2D eigenvalue weighted by Crippen LogP contribution is -2.21. The molecule has 0 aromatic heterocycles. The summed E-state index contributed by atoms with van der Waals surface area (Å²) in [6.07, 6.45) is 1.38. The molecule has 0 aliphatic carbocycles. The molecule has 0 bridgehead atoms. The van der Waals surface area contributed by atoms with Crippen LogP contribution in [0.25, 0.3) is 0 Å². The number of nitrogens with zero attached hydrogens (tertiary/aromatic N) is 1. The Labute approximate surface area is 124 Å². The van der Waals surface area contributed by atoms with Crippen molar-refractivity contribution < 1.29 is 4.74 Å². The summed E-state index contributed by atoms with van der Waals surface area (Å²) >= 11 is 3.48. The predicted octanol–water partition coefficient (Wildman–Crippen LogP) is 4.19. The molecule has 1 rings (SSSR count). The zero-order chi connectivity index (χ0) is 14.3. The zero-order valence-corrected chi connectivity index (χ0v) is 13.3. The Morgan fingerprint density at radius 1 is 1.42 bits per heavy atom. The molecule has 1 aromatic rings. The van der Waals surface area contributed by atoms with Crippen LogP contribution in [0.4, 0.5) is 0 Å². The molecule has 0 aliphatic rings. The van der Waals surface area contributed by atoms with Crippen LogP contribution in [-0.2, 0) is 0 Å². The average Bonchev–Trinajstić information content (AvgIpc) is 2.43. The highest BCUT2D eigenvalue weighted by Crippen LogP contribution is 2.29. The Morgan fingerprint density at radius 3 is 2.74 bits per heavy atom. The zero-order valence-electron chi connectivity index (χ0n) is 11.7. The van der Waals surface area contributed by atoms with Gasteiger partial charge in [-0.15, -0.1) is 0 Å². The lowest BCUT2D eigenvalue weighted by molar-refractivity contribution is 0.247. The summed E-state index contributed by atoms with van der Waals surface area (Å²) in [6, 6.07) is 8.28. The third kappa shape index (κ3) is 4.85. The molecule has 0 radical (unpaired) electrons. The van der Waals surface area contributed by atoms with Crippen LogP contribution in [0, 0.1) is 11.3 Å². The summed E-state index contributed by atoms with van der Waals surface area (Å²) in [5.41, 5.74) is 1.08. The lowest BCUT2D eigenvalue weighted by Gasteiger charge is -2.20. The smallest absolute Gasteiger partial charge is 0.184 e. The summed E-state index contributed by atoms with van der Waals surface area (Å²) in [6.45, 7) is 7.16. The molecule has 0 saturated carbocycles. The number of ether oxygens (including phenoxy) is 1. The molecule has 0 saturated heterocycles. The molecule has 0 heterocycles. The van der Waals surface area contributed by atoms with E-state index in [9.17, 15) is 0 Å². The van der Waals surface area contributed by atoms with Gasteiger partial charge in [0.25, 0.3) is 0 Å². The monoisotopic (exact) mass is 324 g/mol. The first-order valence-corrected chi connectivity index (χ1v) is 7.50. The minimum absolute atomic E-state index is 0.198. The maximum Gasteiger partial charge on any atom is 0.184 e. The first kappa shape index (κ1) is 16.0. The largest absolute Gasteiger partial charge is 0.475 e. The van der Waals surface area contributed by atoms with Crippen LogP contribution in [-0.4, -0.2) is 12.6 Å². The van der Waals surface area contributed by atoms with Crippen LogP contribution in [0.3, 0.4) is 0 Å². The average molecular weight is 325 g/mol. The van der Waals surface area contributed by atoms with Gasteiger partial charge in [0.15, 0.2) is 6.10 Å². The van der Waals surface area contributed by atoms with Gasteiger partial charge in [0.2, 0.25) is 0 Å². The summed E-state index contributed by atoms with van der Waals surface area (Å²) in [5, 5.41) is 12.5. The molecule has 104 valence electrons. The lowest BCUT2D eigenvalue weighted by atomic mass is 10.1. The number of nitrogens with one attached hydrogen (secondary N) is 1. The number of benzene rings is 1. The van der Waals surface area contributed by atoms with Crippen molar-refractivity contribution in [2.75, 3.05) is 6.54 Å². The number of hydrogen-bond donors (Lipinski definition) is 1. The Hall–Kier alpha value is -1.05. The van der Waals surface area contributed by atoms with Crippen LogP contribution in [0.2, 0.25) is 0 Å². The highest BCUT2D eigenvalue weighted by molar-refractivity contribution is 9.10. The van der Waals surface area contributed by atoms with Gasteiger partial charge < -0.3 is 10.1 Å². The maximum absolute atomic E-state index is 9.01. The molecular weight excluding hydrogens is 304 g/mol. The van der Waals surface area contributed by atoms with E-state index in [2.05, 4.69) is 41.2 Å². The molecule has 1 N–H and O–H groups in total. The molecule has 2 unspecified atom stereocenters. The topological polar surface area (TPSA) is 45.0 Å². The minimum atomic E-state index is -0.390. The molecule has 0 aliphatic heterocycles. The number of nitriles is 1. The fourth-order valence-electron chi connectivity index (χ4n) is 1.79. The third-order valence-corrected chi connectivity index (χ3v) is 3.42. The van der Waals surface area contributed by atoms with Crippen molar-refractivity contribution in [3.63, 3.8) is 0 Å². The van der Waals surface area contributed by atoms with Crippen molar-refractivity contribution in [3.05, 3.63) is 28.2 Å². The molecule has 2 atom stereocenters. The van der Waals surface area contributed by atoms with E-state index in [0.717, 1.165) is 28.8 Å². The summed E-state index contributed by atoms with van der Waals surface area (Å²) < 4.78 is 6.80. The van der Waals surface area contributed by atoms with Crippen molar-refractivity contribution in [1.82, 2.24) is 5.32 Å². The van der Waals surface area contributed by atoms with Gasteiger partial charge in [-0.2, -0.15) is 5.26 Å². The number of halogens is 1. The van der Waals surface area contributed by atoms with Crippen LogP contribution in [0.15, 0.2) is 22.7 Å². The van der Waals surface area contributed by atoms with Gasteiger partial charge in [-0.05, 0) is 44.5 Å². The van der Waals surface area contributed by atoms with Crippen molar-refractivity contribution in [3.8, 4) is 11.8 Å². The van der Waals surface area contributed by atoms with Gasteiger partial charge in [0, 0.05) is 16.1 Å². The predicted molar refractivity (Wildman–Crippen MR) is 81.2 cm³/mol. The van der Waals surface area contributed by atoms with Gasteiger partial charge in [-0.1, -0.05) is 29.8 Å². The van der Waals surface area contributed by atoms with Crippen molar-refractivity contribution >= 4 is 15.9 Å². The van der Waals surface area contributed by atoms with Crippen LogP contribution < -0.4 is 10.1 Å². The van der Waals surface area contributed by atoms with Gasteiger partial charge in [0.1, 0.15) is 11.8 Å². The summed E-state index contributed by atoms with van der Waals surface area (Å²) in [5.74, 6) is 0.785. The fraction of sp³-hybridized carbons (Fsp3) is 0.533. The van der Waals surface area contributed by atoms with E-state index in [1.807, 2.05) is 25.1 Å². The van der Waals surface area contributed by atoms with Gasteiger partial charge in [-0.3, -0.25) is 0 Å². The van der Waals surface area contributed by atoms with Gasteiger partial charge in [0.05, 0.1) is 0 Å². The van der Waals surface area contributed by atoms with E-state index in [0.29, 0.717) is 6.42 Å². The highest BCUT2D eigenvalue weighted by atomic mass is 79.9. The second-order valence-electron chi connectivity index (χ2n) is 4.50. The molecule has 1 aromatic carbocycles. The molecule has 19 heavy (non-hydrogen) atoms. The van der Waals surface area contributed by atoms with E-state index < -0.39 is 6.10 Å². The van der Waals surface area contributed by atoms with E-state index in [4.69, 9.17) is 10.00 Å². The number of rotatable bonds is 7. The standard InChI is InChI=1S/C15H21BrN2O/c1-4-8-18-11(3)14-9-12(16)6-7-15(14)19-13(5-2)10-17/h6-7,9,11,13,18H,4-5,8H2,1-3H3. The summed E-state index contributed by atoms with van der Waals surface area (Å²) in [7, 11) is 0. The van der Waals surface area contributed by atoms with E-state index in [1.165, 1.54) is 0 Å². The molecular formula is C15H21BrN2O. The second-order valence-corrected chi connectivity index (χ2v) is 5.42. The highest BCUT2D eigenvalue weighted by Gasteiger charge is 2.15. The molecule has 3 nitrogen and oxygen atoms in total. The Bertz CT molecular complexity index is 442. The first-order chi connectivity index (χ1) is 9.12. The summed E-state index contributed by atoms with van der Waals surface area (Å²) in [4.78, 5) is 0. The quantitative estimate of drug-likeness (QED) is 0.817. The SMILES string of the molecule is CCCNC(C)c1cc(Br)ccc1OC(C#N)CC. The minimum Gasteiger partial charge on any atom is -0.475 e. The molecule has 0 spiro atoms. The Kier molecular flexibility index (Phi) is 6.90. The molecule has 0 fully saturated rings. The Balaban J connectivity index is 2.94. The van der Waals surface area contributed by atoms with Crippen molar-refractivity contribution in [2.45, 2.75) is 45.8 Å². The van der Waals surface area contributed by atoms with Crippen molar-refractivity contribution in [1.29, 1.82) is 5.26 Å². The van der Waals surface area contributed by atoms with Crippen LogP contribution in [0.1, 0.15) is 45.2 Å². The first-order valence-electron chi connectivity index (χ1n) is 6.71. The number of hydrogen-bond acceptors (Lipinski definition) is 3. The van der Waals surface area contributed by atoms with E-state index >= 15 is 0 Å². The second kappa shape index (κ2) is 8.19. The van der Waals surface area contributed by atoms with E-state index in [-0.39, 0.29) is 6.04 Å². The van der Waals surface area contributed by atoms with Gasteiger partial charge in [-0.25, -0.2) is 0 Å². The maximum atomic E-state index is 9.01. The van der Waals surface area contributed by atoms with Crippen molar-refractivity contribution in [2.24, 2.45) is 0 Å². The normalized spacial score (nSPS) is 13.6. The van der Waals surface area contributed by atoms with Crippen LogP contribution in [0.5, 0.6) is 5.75 Å². The molecule has 4 heteroatoms. The fourth-order valence-corrected chi connectivity index (χ4v) is 2.17. The molecule has 0 amide bonds. The third-order valence-electron chi connectivity index (χ3n) is 2.92. The van der Waals surface area contributed by atoms with E-state index in [1.54, 1.807) is 0 Å². The Morgan fingerprint density at radius 2 is 2.16 bits per heavy atom. The van der Waals surface area contributed by atoms with Crippen LogP contribution >= 0.6 is 15.9 Å². The van der Waals surface area contributed by atoms with Gasteiger partial charge >= 0.3 is 0 Å².